The average molecular weight is 228 g/mol. The van der Waals surface area contributed by atoms with Crippen LogP contribution < -0.4 is 5.32 Å². The molecule has 0 aliphatic heterocycles. The largest absolute Gasteiger partial charge is 0.360 e. The van der Waals surface area contributed by atoms with Gasteiger partial charge in [0.15, 0.2) is 5.78 Å². The van der Waals surface area contributed by atoms with Crippen LogP contribution in [0.4, 0.5) is 5.69 Å². The zero-order valence-corrected chi connectivity index (χ0v) is 10.3. The monoisotopic (exact) mass is 228 g/mol. The number of nitrogens with zero attached hydrogens (tertiary/aromatic N) is 1. The first-order valence-corrected chi connectivity index (χ1v) is 5.42. The number of nitriles is 1. The first-order chi connectivity index (χ1) is 7.95. The molecule has 1 aromatic carbocycles. The first kappa shape index (κ1) is 13.0. The van der Waals surface area contributed by atoms with Gasteiger partial charge in [-0.3, -0.25) is 4.79 Å². The van der Waals surface area contributed by atoms with E-state index in [2.05, 4.69) is 5.32 Å². The molecule has 0 bridgehead atoms. The molecule has 88 valence electrons. The van der Waals surface area contributed by atoms with E-state index in [1.807, 2.05) is 36.4 Å². The Morgan fingerprint density at radius 2 is 1.88 bits per heavy atom. The molecule has 0 spiro atoms. The maximum atomic E-state index is 11.9. The number of anilines is 1. The molecular formula is C14H16N2O. The van der Waals surface area contributed by atoms with Crippen LogP contribution in [0.5, 0.6) is 0 Å². The van der Waals surface area contributed by atoms with Gasteiger partial charge < -0.3 is 5.32 Å². The van der Waals surface area contributed by atoms with Gasteiger partial charge in [0.2, 0.25) is 0 Å². The molecule has 3 nitrogen and oxygen atoms in total. The van der Waals surface area contributed by atoms with Crippen molar-refractivity contribution in [2.45, 2.75) is 20.8 Å². The Bertz CT molecular complexity index is 461. The summed E-state index contributed by atoms with van der Waals surface area (Å²) < 4.78 is 0. The minimum atomic E-state index is -0.542. The van der Waals surface area contributed by atoms with Gasteiger partial charge in [-0.2, -0.15) is 5.26 Å². The van der Waals surface area contributed by atoms with Crippen LogP contribution in [0.3, 0.4) is 0 Å². The quantitative estimate of drug-likeness (QED) is 0.638. The van der Waals surface area contributed by atoms with Gasteiger partial charge in [-0.1, -0.05) is 39.0 Å². The third kappa shape index (κ3) is 3.76. The van der Waals surface area contributed by atoms with E-state index in [1.54, 1.807) is 20.8 Å². The van der Waals surface area contributed by atoms with Gasteiger partial charge in [0.25, 0.3) is 0 Å². The van der Waals surface area contributed by atoms with Crippen LogP contribution in [0.25, 0.3) is 0 Å². The number of hydrogen-bond donors (Lipinski definition) is 1. The van der Waals surface area contributed by atoms with Crippen LogP contribution in [0.2, 0.25) is 0 Å². The molecule has 3 heteroatoms. The van der Waals surface area contributed by atoms with Gasteiger partial charge in [-0.25, -0.2) is 0 Å². The lowest BCUT2D eigenvalue weighted by atomic mass is 9.87. The molecule has 0 unspecified atom stereocenters. The number of benzene rings is 1. The van der Waals surface area contributed by atoms with Crippen molar-refractivity contribution in [2.24, 2.45) is 5.41 Å². The standard InChI is InChI=1S/C14H16N2O/c1-14(2,3)13(17)11(9-15)10-16-12-7-5-4-6-8-12/h4-8,10,16H,1-3H3/b11-10+. The van der Waals surface area contributed by atoms with Crippen LogP contribution in [0, 0.1) is 16.7 Å². The molecule has 1 rings (SSSR count). The van der Waals surface area contributed by atoms with E-state index in [0.717, 1.165) is 5.69 Å². The number of rotatable bonds is 3. The molecule has 0 aliphatic carbocycles. The van der Waals surface area contributed by atoms with Gasteiger partial charge in [-0.15, -0.1) is 0 Å². The second-order valence-corrected chi connectivity index (χ2v) is 4.76. The summed E-state index contributed by atoms with van der Waals surface area (Å²) in [6.07, 6.45) is 1.46. The molecule has 0 saturated carbocycles. The fraction of sp³-hybridized carbons (Fsp3) is 0.286. The second kappa shape index (κ2) is 5.31. The predicted molar refractivity (Wildman–Crippen MR) is 68.2 cm³/mol. The number of para-hydroxylation sites is 1. The van der Waals surface area contributed by atoms with E-state index >= 15 is 0 Å². The average Bonchev–Trinajstić information content (AvgIpc) is 2.30. The van der Waals surface area contributed by atoms with Gasteiger partial charge in [0.1, 0.15) is 11.6 Å². The van der Waals surface area contributed by atoms with Crippen molar-refractivity contribution in [3.05, 3.63) is 42.1 Å². The topological polar surface area (TPSA) is 52.9 Å². The maximum absolute atomic E-state index is 11.9. The maximum Gasteiger partial charge on any atom is 0.180 e. The Morgan fingerprint density at radius 3 is 2.35 bits per heavy atom. The van der Waals surface area contributed by atoms with E-state index in [4.69, 9.17) is 5.26 Å². The molecule has 0 aromatic heterocycles. The Labute approximate surface area is 102 Å². The summed E-state index contributed by atoms with van der Waals surface area (Å²) >= 11 is 0. The van der Waals surface area contributed by atoms with Crippen LogP contribution in [0.1, 0.15) is 20.8 Å². The van der Waals surface area contributed by atoms with Gasteiger partial charge in [0, 0.05) is 17.3 Å². The highest BCUT2D eigenvalue weighted by molar-refractivity contribution is 6.02. The number of allylic oxidation sites excluding steroid dienone is 1. The summed E-state index contributed by atoms with van der Waals surface area (Å²) in [5.41, 5.74) is 0.447. The highest BCUT2D eigenvalue weighted by Gasteiger charge is 2.24. The molecule has 0 fully saturated rings. The number of nitrogens with one attached hydrogen (secondary N) is 1. The molecule has 1 N–H and O–H groups in total. The summed E-state index contributed by atoms with van der Waals surface area (Å²) in [6.45, 7) is 5.38. The molecule has 0 amide bonds. The number of hydrogen-bond acceptors (Lipinski definition) is 3. The van der Waals surface area contributed by atoms with Crippen LogP contribution in [-0.2, 0) is 4.79 Å². The molecule has 0 heterocycles. The fourth-order valence-electron chi connectivity index (χ4n) is 1.24. The summed E-state index contributed by atoms with van der Waals surface area (Å²) in [4.78, 5) is 11.9. The minimum absolute atomic E-state index is 0.140. The summed E-state index contributed by atoms with van der Waals surface area (Å²) in [6, 6.07) is 11.3. The minimum Gasteiger partial charge on any atom is -0.360 e. The summed E-state index contributed by atoms with van der Waals surface area (Å²) in [5, 5.41) is 11.9. The Kier molecular flexibility index (Phi) is 4.06. The van der Waals surface area contributed by atoms with Crippen LogP contribution >= 0.6 is 0 Å². The van der Waals surface area contributed by atoms with E-state index in [9.17, 15) is 4.79 Å². The Hall–Kier alpha value is -2.08. The predicted octanol–water partition coefficient (Wildman–Crippen LogP) is 3.12. The van der Waals surface area contributed by atoms with Gasteiger partial charge >= 0.3 is 0 Å². The van der Waals surface area contributed by atoms with Crippen LogP contribution in [0.15, 0.2) is 42.1 Å². The number of carbonyl (C=O) groups is 1. The van der Waals surface area contributed by atoms with Crippen molar-refractivity contribution >= 4 is 11.5 Å². The molecule has 1 aromatic rings. The zero-order valence-electron chi connectivity index (χ0n) is 10.3. The highest BCUT2D eigenvalue weighted by atomic mass is 16.1. The smallest absolute Gasteiger partial charge is 0.180 e. The SMILES string of the molecule is CC(C)(C)C(=O)/C(C#N)=C/Nc1ccccc1. The zero-order chi connectivity index (χ0) is 12.9. The first-order valence-electron chi connectivity index (χ1n) is 5.42. The highest BCUT2D eigenvalue weighted by Crippen LogP contribution is 2.19. The second-order valence-electron chi connectivity index (χ2n) is 4.76. The van der Waals surface area contributed by atoms with Crippen molar-refractivity contribution in [3.63, 3.8) is 0 Å². The lowest BCUT2D eigenvalue weighted by Gasteiger charge is -2.15. The number of Topliss-reactive ketones (excluding diaryl/α,β-unsaturated/α-hetero) is 1. The van der Waals surface area contributed by atoms with E-state index in [0.29, 0.717) is 0 Å². The fourth-order valence-corrected chi connectivity index (χ4v) is 1.24. The molecule has 0 atom stereocenters. The molecule has 0 radical (unpaired) electrons. The molecule has 17 heavy (non-hydrogen) atoms. The summed E-state index contributed by atoms with van der Waals surface area (Å²) in [7, 11) is 0. The van der Waals surface area contributed by atoms with Crippen molar-refractivity contribution in [1.29, 1.82) is 5.26 Å². The molecule has 0 saturated heterocycles. The van der Waals surface area contributed by atoms with E-state index in [-0.39, 0.29) is 11.4 Å². The normalized spacial score (nSPS) is 11.8. The summed E-state index contributed by atoms with van der Waals surface area (Å²) in [5.74, 6) is -0.163. The van der Waals surface area contributed by atoms with Crippen molar-refractivity contribution in [1.82, 2.24) is 0 Å². The van der Waals surface area contributed by atoms with Crippen molar-refractivity contribution in [2.75, 3.05) is 5.32 Å². The third-order valence-corrected chi connectivity index (χ3v) is 2.20. The lowest BCUT2D eigenvalue weighted by molar-refractivity contribution is -0.122. The van der Waals surface area contributed by atoms with Crippen LogP contribution in [-0.4, -0.2) is 5.78 Å². The van der Waals surface area contributed by atoms with E-state index < -0.39 is 5.41 Å². The van der Waals surface area contributed by atoms with Crippen molar-refractivity contribution in [3.8, 4) is 6.07 Å². The van der Waals surface area contributed by atoms with E-state index in [1.165, 1.54) is 6.20 Å². The number of ketones is 1. The van der Waals surface area contributed by atoms with Crippen molar-refractivity contribution < 1.29 is 4.79 Å². The Morgan fingerprint density at radius 1 is 1.29 bits per heavy atom. The number of carbonyl (C=O) groups excluding carboxylic acids is 1. The molecule has 0 aliphatic rings. The third-order valence-electron chi connectivity index (χ3n) is 2.20. The molecular weight excluding hydrogens is 212 g/mol. The van der Waals surface area contributed by atoms with Gasteiger partial charge in [-0.05, 0) is 12.1 Å². The lowest BCUT2D eigenvalue weighted by Crippen LogP contribution is -2.22. The van der Waals surface area contributed by atoms with Gasteiger partial charge in [0.05, 0.1) is 0 Å². The Balaban J connectivity index is 2.84.